The molecule has 43 heavy (non-hydrogen) atoms. The van der Waals surface area contributed by atoms with Crippen LogP contribution >= 0.6 is 0 Å². The first-order chi connectivity index (χ1) is 20.9. The number of hydrogen-bond acceptors (Lipinski definition) is 7. The largest absolute Gasteiger partial charge is 0.456 e. The van der Waals surface area contributed by atoms with Gasteiger partial charge in [-0.25, -0.2) is 4.79 Å². The highest BCUT2D eigenvalue weighted by Gasteiger charge is 2.57. The van der Waals surface area contributed by atoms with E-state index in [2.05, 4.69) is 5.32 Å². The fourth-order valence-electron chi connectivity index (χ4n) is 5.74. The Hall–Kier alpha value is -5.12. The molecule has 9 nitrogen and oxygen atoms in total. The number of non-ortho nitro benzene ring substituents is 1. The molecule has 4 aromatic carbocycles. The van der Waals surface area contributed by atoms with Crippen molar-refractivity contribution in [3.05, 3.63) is 159 Å². The van der Waals surface area contributed by atoms with Crippen molar-refractivity contribution in [2.75, 3.05) is 6.61 Å². The highest BCUT2D eigenvalue weighted by Crippen LogP contribution is 2.41. The van der Waals surface area contributed by atoms with E-state index in [1.165, 1.54) is 29.2 Å². The summed E-state index contributed by atoms with van der Waals surface area (Å²) in [6, 6.07) is 34.8. The summed E-state index contributed by atoms with van der Waals surface area (Å²) in [5, 5.41) is 14.6. The third kappa shape index (κ3) is 5.09. The maximum Gasteiger partial charge on any atom is 0.355 e. The van der Waals surface area contributed by atoms with Crippen LogP contribution in [0.5, 0.6) is 0 Å². The Morgan fingerprint density at radius 1 is 0.907 bits per heavy atom. The molecule has 0 radical (unpaired) electrons. The Morgan fingerprint density at radius 2 is 1.42 bits per heavy atom. The summed E-state index contributed by atoms with van der Waals surface area (Å²) in [5.74, 6) is -0.963. The van der Waals surface area contributed by atoms with Gasteiger partial charge in [-0.05, 0) is 46.9 Å². The molecular weight excluding hydrogens is 546 g/mol. The van der Waals surface area contributed by atoms with E-state index in [1.54, 1.807) is 6.92 Å². The van der Waals surface area contributed by atoms with Gasteiger partial charge in [0.1, 0.15) is 18.3 Å². The van der Waals surface area contributed by atoms with Gasteiger partial charge in [-0.3, -0.25) is 25.1 Å². The predicted molar refractivity (Wildman–Crippen MR) is 158 cm³/mol. The molecule has 1 fully saturated rings. The van der Waals surface area contributed by atoms with Crippen molar-refractivity contribution in [2.24, 2.45) is 0 Å². The van der Waals surface area contributed by atoms with E-state index in [-0.39, 0.29) is 30.5 Å². The molecule has 0 saturated carbocycles. The molecule has 1 amide bonds. The number of ether oxygens (including phenoxy) is 2. The van der Waals surface area contributed by atoms with E-state index in [4.69, 9.17) is 9.47 Å². The summed E-state index contributed by atoms with van der Waals surface area (Å²) in [6.45, 7) is 1.79. The van der Waals surface area contributed by atoms with Crippen LogP contribution in [0.3, 0.4) is 0 Å². The van der Waals surface area contributed by atoms with Crippen LogP contribution in [-0.4, -0.2) is 40.6 Å². The quantitative estimate of drug-likeness (QED) is 0.0976. The summed E-state index contributed by atoms with van der Waals surface area (Å²) in [4.78, 5) is 39.0. The lowest BCUT2D eigenvalue weighted by Gasteiger charge is -2.52. The summed E-state index contributed by atoms with van der Waals surface area (Å²) in [6.07, 6.45) is -0.728. The summed E-state index contributed by atoms with van der Waals surface area (Å²) in [5.41, 5.74) is 3.23. The molecule has 0 aliphatic carbocycles. The Kier molecular flexibility index (Phi) is 7.58. The lowest BCUT2D eigenvalue weighted by atomic mass is 9.75. The standard InChI is InChI=1S/C34H29N3O6/c1-23-21-42-32-29(31(38)36(32)30(23)33(39)43-22-24-17-19-28(20-18-24)37(40)41)35-34(25-11-5-2-6-12-25,26-13-7-3-8-14-26)27-15-9-4-10-16-27/h2-20,29,32,35H,21-22H2,1H3. The molecule has 216 valence electrons. The number of nitro benzene ring substituents is 1. The van der Waals surface area contributed by atoms with Crippen LogP contribution in [0.15, 0.2) is 127 Å². The van der Waals surface area contributed by atoms with E-state index in [9.17, 15) is 19.7 Å². The van der Waals surface area contributed by atoms with E-state index >= 15 is 0 Å². The average molecular weight is 576 g/mol. The zero-order valence-corrected chi connectivity index (χ0v) is 23.4. The number of fused-ring (bicyclic) bond motifs is 1. The lowest BCUT2D eigenvalue weighted by Crippen LogP contribution is -2.74. The number of nitrogens with zero attached hydrogens (tertiary/aromatic N) is 2. The van der Waals surface area contributed by atoms with E-state index in [1.807, 2.05) is 91.0 Å². The first-order valence-corrected chi connectivity index (χ1v) is 13.9. The van der Waals surface area contributed by atoms with Crippen LogP contribution in [-0.2, 0) is 31.2 Å². The molecule has 0 bridgehead atoms. The second kappa shape index (κ2) is 11.6. The molecule has 1 N–H and O–H groups in total. The third-order valence-corrected chi connectivity index (χ3v) is 7.86. The topological polar surface area (TPSA) is 111 Å². The van der Waals surface area contributed by atoms with Gasteiger partial charge in [0.2, 0.25) is 0 Å². The van der Waals surface area contributed by atoms with E-state index in [0.717, 1.165) is 16.7 Å². The van der Waals surface area contributed by atoms with Crippen LogP contribution in [0.4, 0.5) is 5.69 Å². The fraction of sp³-hybridized carbons (Fsp3) is 0.176. The lowest BCUT2D eigenvalue weighted by molar-refractivity contribution is -0.384. The maximum atomic E-state index is 13.9. The van der Waals surface area contributed by atoms with Gasteiger partial charge < -0.3 is 9.47 Å². The van der Waals surface area contributed by atoms with Crippen molar-refractivity contribution in [1.82, 2.24) is 10.2 Å². The van der Waals surface area contributed by atoms with Crippen molar-refractivity contribution in [3.8, 4) is 0 Å². The molecule has 4 aromatic rings. The number of hydrogen-bond donors (Lipinski definition) is 1. The Bertz CT molecular complexity index is 1580. The molecule has 1 saturated heterocycles. The molecule has 2 aliphatic heterocycles. The van der Waals surface area contributed by atoms with Crippen molar-refractivity contribution in [2.45, 2.75) is 31.3 Å². The minimum atomic E-state index is -0.896. The minimum Gasteiger partial charge on any atom is -0.456 e. The first-order valence-electron chi connectivity index (χ1n) is 13.9. The fourth-order valence-corrected chi connectivity index (χ4v) is 5.74. The van der Waals surface area contributed by atoms with Gasteiger partial charge in [-0.1, -0.05) is 91.0 Å². The van der Waals surface area contributed by atoms with Crippen molar-refractivity contribution in [3.63, 3.8) is 0 Å². The Labute approximate surface area is 248 Å². The molecule has 2 aliphatic rings. The number of nitro groups is 1. The number of amides is 1. The van der Waals surface area contributed by atoms with Crippen LogP contribution in [0.2, 0.25) is 0 Å². The molecule has 2 atom stereocenters. The zero-order chi connectivity index (χ0) is 30.0. The van der Waals surface area contributed by atoms with E-state index < -0.39 is 28.7 Å². The number of carbonyl (C=O) groups excluding carboxylic acids is 2. The average Bonchev–Trinajstić information content (AvgIpc) is 3.05. The molecular formula is C34H29N3O6. The Morgan fingerprint density at radius 3 is 1.91 bits per heavy atom. The molecule has 9 heteroatoms. The number of esters is 1. The molecule has 6 rings (SSSR count). The Balaban J connectivity index is 1.29. The monoisotopic (exact) mass is 575 g/mol. The van der Waals surface area contributed by atoms with Crippen molar-refractivity contribution >= 4 is 17.6 Å². The van der Waals surface area contributed by atoms with Gasteiger partial charge in [0.25, 0.3) is 11.6 Å². The van der Waals surface area contributed by atoms with Gasteiger partial charge >= 0.3 is 5.97 Å². The number of carbonyl (C=O) groups is 2. The number of nitrogens with one attached hydrogen (secondary N) is 1. The number of benzene rings is 4. The molecule has 0 spiro atoms. The van der Waals surface area contributed by atoms with Gasteiger partial charge in [0, 0.05) is 12.1 Å². The second-order valence-electron chi connectivity index (χ2n) is 10.5. The third-order valence-electron chi connectivity index (χ3n) is 7.86. The van der Waals surface area contributed by atoms with Crippen LogP contribution < -0.4 is 5.32 Å². The van der Waals surface area contributed by atoms with Gasteiger partial charge in [-0.2, -0.15) is 0 Å². The molecule has 2 unspecified atom stereocenters. The minimum absolute atomic E-state index is 0.0526. The summed E-state index contributed by atoms with van der Waals surface area (Å²) < 4.78 is 11.7. The first kappa shape index (κ1) is 28.0. The highest BCUT2D eigenvalue weighted by molar-refractivity contribution is 6.00. The SMILES string of the molecule is CC1=C(C(=O)OCc2ccc([N+](=O)[O-])cc2)N2C(=O)C(NC(c3ccccc3)(c3ccccc3)c3ccccc3)C2OC1. The van der Waals surface area contributed by atoms with Gasteiger partial charge in [-0.15, -0.1) is 0 Å². The molecule has 2 heterocycles. The van der Waals surface area contributed by atoms with Crippen molar-refractivity contribution in [1.29, 1.82) is 0 Å². The molecule has 0 aromatic heterocycles. The summed E-state index contributed by atoms with van der Waals surface area (Å²) in [7, 11) is 0. The predicted octanol–water partition coefficient (Wildman–Crippen LogP) is 5.06. The number of β-lactam (4-membered cyclic amide) rings is 1. The number of rotatable bonds is 9. The second-order valence-corrected chi connectivity index (χ2v) is 10.5. The highest BCUT2D eigenvalue weighted by atomic mass is 16.6. The van der Waals surface area contributed by atoms with Crippen LogP contribution in [0.1, 0.15) is 29.2 Å². The van der Waals surface area contributed by atoms with Gasteiger partial charge in [0.05, 0.1) is 17.1 Å². The normalized spacial score (nSPS) is 18.1. The van der Waals surface area contributed by atoms with E-state index in [0.29, 0.717) is 11.1 Å². The van der Waals surface area contributed by atoms with Gasteiger partial charge in [0.15, 0.2) is 6.23 Å². The summed E-state index contributed by atoms with van der Waals surface area (Å²) >= 11 is 0. The smallest absolute Gasteiger partial charge is 0.355 e. The van der Waals surface area contributed by atoms with Crippen LogP contribution in [0, 0.1) is 10.1 Å². The zero-order valence-electron chi connectivity index (χ0n) is 23.4. The maximum absolute atomic E-state index is 13.9. The van der Waals surface area contributed by atoms with Crippen molar-refractivity contribution < 1.29 is 24.0 Å². The van der Waals surface area contributed by atoms with Crippen LogP contribution in [0.25, 0.3) is 0 Å².